The molecular formula is C15H16N2O3S. The Kier molecular flexibility index (Phi) is 4.18. The van der Waals surface area contributed by atoms with Crippen molar-refractivity contribution in [1.29, 1.82) is 0 Å². The highest BCUT2D eigenvalue weighted by atomic mass is 32.2. The summed E-state index contributed by atoms with van der Waals surface area (Å²) < 4.78 is 1.59. The summed E-state index contributed by atoms with van der Waals surface area (Å²) in [5, 5.41) is 9.44. The van der Waals surface area contributed by atoms with Crippen LogP contribution in [0.3, 0.4) is 0 Å². The van der Waals surface area contributed by atoms with E-state index in [1.165, 1.54) is 6.07 Å². The van der Waals surface area contributed by atoms with Gasteiger partial charge in [0.2, 0.25) is 0 Å². The minimum Gasteiger partial charge on any atom is -0.478 e. The largest absolute Gasteiger partial charge is 0.478 e. The average Bonchev–Trinajstić information content (AvgIpc) is 2.40. The first-order valence-electron chi connectivity index (χ1n) is 6.39. The zero-order valence-electron chi connectivity index (χ0n) is 12.0. The van der Waals surface area contributed by atoms with Gasteiger partial charge in [0, 0.05) is 22.8 Å². The van der Waals surface area contributed by atoms with Crippen molar-refractivity contribution in [3.05, 3.63) is 52.6 Å². The van der Waals surface area contributed by atoms with Crippen LogP contribution >= 0.6 is 11.8 Å². The molecule has 0 bridgehead atoms. The summed E-state index contributed by atoms with van der Waals surface area (Å²) in [6, 6.07) is 6.57. The van der Waals surface area contributed by atoms with Crippen LogP contribution < -0.4 is 5.56 Å². The number of carboxylic acid groups (broad SMARTS) is 1. The maximum atomic E-state index is 12.4. The van der Waals surface area contributed by atoms with Gasteiger partial charge in [-0.3, -0.25) is 4.79 Å². The number of nitrogens with zero attached hydrogens (tertiary/aromatic N) is 2. The van der Waals surface area contributed by atoms with Gasteiger partial charge in [0.15, 0.2) is 5.03 Å². The molecule has 0 spiro atoms. The van der Waals surface area contributed by atoms with Crippen LogP contribution in [0.5, 0.6) is 0 Å². The average molecular weight is 304 g/mol. The van der Waals surface area contributed by atoms with E-state index in [0.717, 1.165) is 11.8 Å². The molecule has 0 atom stereocenters. The van der Waals surface area contributed by atoms with E-state index in [0.29, 0.717) is 4.90 Å². The molecule has 0 saturated carbocycles. The molecule has 0 saturated heterocycles. The molecule has 0 aliphatic heterocycles. The highest BCUT2D eigenvalue weighted by Gasteiger charge is 2.18. The molecular weight excluding hydrogens is 288 g/mol. The maximum absolute atomic E-state index is 12.4. The first kappa shape index (κ1) is 15.3. The maximum Gasteiger partial charge on any atom is 0.336 e. The molecule has 1 aromatic carbocycles. The van der Waals surface area contributed by atoms with Gasteiger partial charge in [0.25, 0.3) is 5.56 Å². The molecule has 0 radical (unpaired) electrons. The van der Waals surface area contributed by atoms with Crippen LogP contribution in [0, 0.1) is 0 Å². The molecule has 1 heterocycles. The minimum atomic E-state index is -1.02. The van der Waals surface area contributed by atoms with Gasteiger partial charge < -0.3 is 9.67 Å². The monoisotopic (exact) mass is 304 g/mol. The fourth-order valence-corrected chi connectivity index (χ4v) is 2.75. The molecule has 0 unspecified atom stereocenters. The van der Waals surface area contributed by atoms with Crippen LogP contribution in [0.2, 0.25) is 0 Å². The van der Waals surface area contributed by atoms with Gasteiger partial charge in [-0.15, -0.1) is 0 Å². The summed E-state index contributed by atoms with van der Waals surface area (Å²) in [6.07, 6.45) is 3.19. The molecule has 5 nitrogen and oxygen atoms in total. The molecule has 0 amide bonds. The number of hydrogen-bond acceptors (Lipinski definition) is 4. The lowest BCUT2D eigenvalue weighted by atomic mass is 10.1. The van der Waals surface area contributed by atoms with E-state index in [1.807, 2.05) is 20.8 Å². The van der Waals surface area contributed by atoms with Crippen LogP contribution in [0.1, 0.15) is 31.1 Å². The van der Waals surface area contributed by atoms with E-state index in [1.54, 1.807) is 35.2 Å². The highest BCUT2D eigenvalue weighted by Crippen LogP contribution is 2.27. The Labute approximate surface area is 126 Å². The lowest BCUT2D eigenvalue weighted by Gasteiger charge is -2.22. The van der Waals surface area contributed by atoms with Gasteiger partial charge in [-0.05, 0) is 32.9 Å². The third-order valence-electron chi connectivity index (χ3n) is 2.86. The Morgan fingerprint density at radius 3 is 2.57 bits per heavy atom. The predicted octanol–water partition coefficient (Wildman–Crippen LogP) is 2.85. The van der Waals surface area contributed by atoms with E-state index in [9.17, 15) is 14.7 Å². The Morgan fingerprint density at radius 2 is 1.95 bits per heavy atom. The third-order valence-corrected chi connectivity index (χ3v) is 3.91. The smallest absolute Gasteiger partial charge is 0.336 e. The van der Waals surface area contributed by atoms with Crippen LogP contribution in [-0.4, -0.2) is 20.6 Å². The lowest BCUT2D eigenvalue weighted by molar-refractivity contribution is 0.0693. The van der Waals surface area contributed by atoms with E-state index >= 15 is 0 Å². The van der Waals surface area contributed by atoms with Crippen molar-refractivity contribution in [2.24, 2.45) is 0 Å². The van der Waals surface area contributed by atoms with Gasteiger partial charge in [-0.1, -0.05) is 23.9 Å². The molecule has 2 aromatic rings. The van der Waals surface area contributed by atoms with Crippen LogP contribution in [-0.2, 0) is 5.54 Å². The van der Waals surface area contributed by atoms with Crippen molar-refractivity contribution in [3.8, 4) is 0 Å². The van der Waals surface area contributed by atoms with Crippen LogP contribution in [0.4, 0.5) is 0 Å². The molecule has 2 rings (SSSR count). The molecule has 0 aliphatic carbocycles. The SMILES string of the molecule is CC(C)(C)n1ccnc(Sc2ccccc2C(=O)O)c1=O. The van der Waals surface area contributed by atoms with E-state index in [4.69, 9.17) is 0 Å². The lowest BCUT2D eigenvalue weighted by Crippen LogP contribution is -2.34. The number of aromatic carboxylic acids is 1. The van der Waals surface area contributed by atoms with Crippen molar-refractivity contribution in [1.82, 2.24) is 9.55 Å². The molecule has 1 aromatic heterocycles. The van der Waals surface area contributed by atoms with Crippen molar-refractivity contribution in [2.75, 3.05) is 0 Å². The fraction of sp³-hybridized carbons (Fsp3) is 0.267. The summed E-state index contributed by atoms with van der Waals surface area (Å²) in [5.74, 6) is -1.02. The summed E-state index contributed by atoms with van der Waals surface area (Å²) in [7, 11) is 0. The third kappa shape index (κ3) is 3.33. The Hall–Kier alpha value is -2.08. The second-order valence-electron chi connectivity index (χ2n) is 5.48. The number of aromatic nitrogens is 2. The fourth-order valence-electron chi connectivity index (χ4n) is 1.83. The van der Waals surface area contributed by atoms with Crippen molar-refractivity contribution >= 4 is 17.7 Å². The standard InChI is InChI=1S/C15H16N2O3S/c1-15(2,3)17-9-8-16-12(13(17)18)21-11-7-5-4-6-10(11)14(19)20/h4-9H,1-3H3,(H,19,20). The van der Waals surface area contributed by atoms with Gasteiger partial charge >= 0.3 is 5.97 Å². The summed E-state index contributed by atoms with van der Waals surface area (Å²) in [6.45, 7) is 5.77. The first-order chi connectivity index (χ1) is 9.80. The van der Waals surface area contributed by atoms with Crippen LogP contribution in [0.25, 0.3) is 0 Å². The molecule has 1 N–H and O–H groups in total. The number of hydrogen-bond donors (Lipinski definition) is 1. The van der Waals surface area contributed by atoms with Crippen molar-refractivity contribution in [2.45, 2.75) is 36.2 Å². The van der Waals surface area contributed by atoms with E-state index in [2.05, 4.69) is 4.98 Å². The Morgan fingerprint density at radius 1 is 1.29 bits per heavy atom. The van der Waals surface area contributed by atoms with Gasteiger partial charge in [0.1, 0.15) is 0 Å². The normalized spacial score (nSPS) is 11.4. The van der Waals surface area contributed by atoms with E-state index in [-0.39, 0.29) is 21.7 Å². The number of carboxylic acids is 1. The number of rotatable bonds is 3. The Balaban J connectivity index is 2.47. The molecule has 0 fully saturated rings. The molecule has 6 heteroatoms. The summed E-state index contributed by atoms with van der Waals surface area (Å²) in [5.41, 5.74) is -0.424. The van der Waals surface area contributed by atoms with Crippen LogP contribution in [0.15, 0.2) is 51.4 Å². The second kappa shape index (κ2) is 5.73. The summed E-state index contributed by atoms with van der Waals surface area (Å²) >= 11 is 1.07. The van der Waals surface area contributed by atoms with Gasteiger partial charge in [-0.2, -0.15) is 0 Å². The molecule has 110 valence electrons. The minimum absolute atomic E-state index is 0.162. The molecule has 21 heavy (non-hydrogen) atoms. The van der Waals surface area contributed by atoms with Crippen molar-refractivity contribution in [3.63, 3.8) is 0 Å². The van der Waals surface area contributed by atoms with E-state index < -0.39 is 5.97 Å². The van der Waals surface area contributed by atoms with Crippen molar-refractivity contribution < 1.29 is 9.90 Å². The number of carbonyl (C=O) groups is 1. The zero-order valence-corrected chi connectivity index (χ0v) is 12.8. The summed E-state index contributed by atoms with van der Waals surface area (Å²) in [4.78, 5) is 28.2. The Bertz CT molecular complexity index is 732. The predicted molar refractivity (Wildman–Crippen MR) is 81.0 cm³/mol. The quantitative estimate of drug-likeness (QED) is 0.944. The van der Waals surface area contributed by atoms with Gasteiger partial charge in [0.05, 0.1) is 5.56 Å². The molecule has 0 aliphatic rings. The zero-order chi connectivity index (χ0) is 15.6. The second-order valence-corrected chi connectivity index (χ2v) is 6.51. The first-order valence-corrected chi connectivity index (χ1v) is 7.20. The topological polar surface area (TPSA) is 72.2 Å². The number of benzene rings is 1. The van der Waals surface area contributed by atoms with Gasteiger partial charge in [-0.25, -0.2) is 9.78 Å². The highest BCUT2D eigenvalue weighted by molar-refractivity contribution is 7.99.